The van der Waals surface area contributed by atoms with Gasteiger partial charge in [0, 0.05) is 5.69 Å². The van der Waals surface area contributed by atoms with Crippen LogP contribution in [0.1, 0.15) is 18.1 Å². The van der Waals surface area contributed by atoms with Crippen molar-refractivity contribution in [3.05, 3.63) is 59.7 Å². The van der Waals surface area contributed by atoms with Crippen molar-refractivity contribution in [3.63, 3.8) is 0 Å². The lowest BCUT2D eigenvalue weighted by Crippen LogP contribution is -2.35. The molecule has 1 amide bonds. The van der Waals surface area contributed by atoms with Gasteiger partial charge in [-0.3, -0.25) is 9.59 Å². The topological polar surface area (TPSA) is 102 Å². The Kier molecular flexibility index (Phi) is 6.70. The highest BCUT2D eigenvalue weighted by molar-refractivity contribution is 7.89. The molecule has 0 radical (unpaired) electrons. The number of carbonyl (C=O) groups excluding carboxylic acids is 2. The molecule has 0 aromatic heterocycles. The fourth-order valence-corrected chi connectivity index (χ4v) is 3.31. The number of hydrogen-bond acceptors (Lipinski definition) is 5. The summed E-state index contributed by atoms with van der Waals surface area (Å²) in [7, 11) is -3.82. The standard InChI is InChI=1S/C19H22N2O5S/c1-13-9-10-17(14(2)11-13)21-19(23)15(3)26-18(22)12-20-27(24,25)16-7-5-4-6-8-16/h4-11,15,20H,12H2,1-3H3,(H,21,23)/t15-/m1/s1. The highest BCUT2D eigenvalue weighted by Gasteiger charge is 2.21. The van der Waals surface area contributed by atoms with Gasteiger partial charge in [0.05, 0.1) is 4.90 Å². The Morgan fingerprint density at radius 1 is 1.07 bits per heavy atom. The van der Waals surface area contributed by atoms with Gasteiger partial charge in [-0.2, -0.15) is 4.72 Å². The lowest BCUT2D eigenvalue weighted by atomic mass is 10.1. The maximum Gasteiger partial charge on any atom is 0.321 e. The average Bonchev–Trinajstić information content (AvgIpc) is 2.63. The van der Waals surface area contributed by atoms with E-state index in [2.05, 4.69) is 10.0 Å². The summed E-state index contributed by atoms with van der Waals surface area (Å²) in [5.41, 5.74) is 2.58. The summed E-state index contributed by atoms with van der Waals surface area (Å²) in [6.45, 7) is 4.65. The van der Waals surface area contributed by atoms with Gasteiger partial charge in [-0.1, -0.05) is 35.9 Å². The van der Waals surface area contributed by atoms with Crippen LogP contribution < -0.4 is 10.0 Å². The van der Waals surface area contributed by atoms with Gasteiger partial charge >= 0.3 is 5.97 Å². The normalized spacial score (nSPS) is 12.3. The quantitative estimate of drug-likeness (QED) is 0.706. The second kappa shape index (κ2) is 8.79. The predicted molar refractivity (Wildman–Crippen MR) is 102 cm³/mol. The molecule has 2 rings (SSSR count). The summed E-state index contributed by atoms with van der Waals surface area (Å²) in [4.78, 5) is 24.1. The van der Waals surface area contributed by atoms with Gasteiger partial charge in [-0.15, -0.1) is 0 Å². The first kappa shape index (κ1) is 20.6. The highest BCUT2D eigenvalue weighted by atomic mass is 32.2. The van der Waals surface area contributed by atoms with Crippen LogP contribution in [0.25, 0.3) is 0 Å². The molecular formula is C19H22N2O5S. The van der Waals surface area contributed by atoms with E-state index in [1.165, 1.54) is 19.1 Å². The van der Waals surface area contributed by atoms with Gasteiger partial charge in [0.25, 0.3) is 5.91 Å². The van der Waals surface area contributed by atoms with Gasteiger partial charge in [0.15, 0.2) is 6.10 Å². The Bertz CT molecular complexity index is 926. The summed E-state index contributed by atoms with van der Waals surface area (Å²) in [5.74, 6) is -1.35. The number of ether oxygens (including phenoxy) is 1. The zero-order valence-corrected chi connectivity index (χ0v) is 16.2. The summed E-state index contributed by atoms with van der Waals surface area (Å²) in [6.07, 6.45) is -1.07. The van der Waals surface area contributed by atoms with Crippen LogP contribution in [0, 0.1) is 13.8 Å². The minimum Gasteiger partial charge on any atom is -0.452 e. The van der Waals surface area contributed by atoms with Crippen LogP contribution in [0.2, 0.25) is 0 Å². The Balaban J connectivity index is 1.88. The van der Waals surface area contributed by atoms with E-state index in [1.807, 2.05) is 26.0 Å². The van der Waals surface area contributed by atoms with E-state index in [4.69, 9.17) is 4.74 Å². The second-order valence-corrected chi connectivity index (χ2v) is 7.84. The Morgan fingerprint density at radius 2 is 1.74 bits per heavy atom. The van der Waals surface area contributed by atoms with Gasteiger partial charge in [0.1, 0.15) is 6.54 Å². The number of sulfonamides is 1. The number of anilines is 1. The molecule has 0 saturated carbocycles. The van der Waals surface area contributed by atoms with Crippen LogP contribution in [-0.4, -0.2) is 32.9 Å². The van der Waals surface area contributed by atoms with Crippen LogP contribution in [0.4, 0.5) is 5.69 Å². The SMILES string of the molecule is Cc1ccc(NC(=O)[C@@H](C)OC(=O)CNS(=O)(=O)c2ccccc2)c(C)c1. The third-order valence-corrected chi connectivity index (χ3v) is 5.19. The fraction of sp³-hybridized carbons (Fsp3) is 0.263. The molecule has 1 atom stereocenters. The number of esters is 1. The second-order valence-electron chi connectivity index (χ2n) is 6.08. The Labute approximate surface area is 158 Å². The molecule has 0 aliphatic carbocycles. The monoisotopic (exact) mass is 390 g/mol. The molecule has 7 nitrogen and oxygen atoms in total. The van der Waals surface area contributed by atoms with Crippen LogP contribution in [-0.2, 0) is 24.3 Å². The first-order chi connectivity index (χ1) is 12.7. The molecule has 0 heterocycles. The molecule has 2 aromatic carbocycles. The molecule has 0 bridgehead atoms. The van der Waals surface area contributed by atoms with Crippen LogP contribution in [0.3, 0.4) is 0 Å². The number of hydrogen-bond donors (Lipinski definition) is 2. The number of aryl methyl sites for hydroxylation is 2. The number of amides is 1. The molecule has 0 unspecified atom stereocenters. The smallest absolute Gasteiger partial charge is 0.321 e. The zero-order valence-electron chi connectivity index (χ0n) is 15.4. The lowest BCUT2D eigenvalue weighted by molar-refractivity contribution is -0.151. The van der Waals surface area contributed by atoms with E-state index < -0.39 is 34.5 Å². The van der Waals surface area contributed by atoms with E-state index >= 15 is 0 Å². The predicted octanol–water partition coefficient (Wildman–Crippen LogP) is 2.15. The van der Waals surface area contributed by atoms with E-state index in [1.54, 1.807) is 24.3 Å². The maximum absolute atomic E-state index is 12.2. The third-order valence-electron chi connectivity index (χ3n) is 3.78. The van der Waals surface area contributed by atoms with E-state index in [-0.39, 0.29) is 4.90 Å². The van der Waals surface area contributed by atoms with Crippen molar-refractivity contribution in [2.24, 2.45) is 0 Å². The first-order valence-corrected chi connectivity index (χ1v) is 9.79. The molecule has 0 fully saturated rings. The molecule has 2 aromatic rings. The number of carbonyl (C=O) groups is 2. The Hall–Kier alpha value is -2.71. The third kappa shape index (κ3) is 5.90. The van der Waals surface area contributed by atoms with Crippen molar-refractivity contribution in [3.8, 4) is 0 Å². The molecule has 144 valence electrons. The minimum absolute atomic E-state index is 0.0402. The van der Waals surface area contributed by atoms with Crippen molar-refractivity contribution < 1.29 is 22.7 Å². The lowest BCUT2D eigenvalue weighted by Gasteiger charge is -2.15. The number of nitrogens with one attached hydrogen (secondary N) is 2. The molecule has 0 saturated heterocycles. The molecule has 8 heteroatoms. The van der Waals surface area contributed by atoms with Crippen LogP contribution in [0.5, 0.6) is 0 Å². The molecule has 0 aliphatic rings. The van der Waals surface area contributed by atoms with Crippen molar-refractivity contribution in [2.45, 2.75) is 31.8 Å². The van der Waals surface area contributed by atoms with E-state index in [0.29, 0.717) is 5.69 Å². The average molecular weight is 390 g/mol. The maximum atomic E-state index is 12.2. The summed E-state index contributed by atoms with van der Waals surface area (Å²) in [5, 5.41) is 2.69. The summed E-state index contributed by atoms with van der Waals surface area (Å²) < 4.78 is 31.3. The van der Waals surface area contributed by atoms with Gasteiger partial charge < -0.3 is 10.1 Å². The van der Waals surface area contributed by atoms with Gasteiger partial charge in [-0.25, -0.2) is 8.42 Å². The van der Waals surface area contributed by atoms with Crippen molar-refractivity contribution in [1.29, 1.82) is 0 Å². The van der Waals surface area contributed by atoms with Crippen molar-refractivity contribution >= 4 is 27.6 Å². The Morgan fingerprint density at radius 3 is 2.37 bits per heavy atom. The largest absolute Gasteiger partial charge is 0.452 e. The van der Waals surface area contributed by atoms with Gasteiger partial charge in [0.2, 0.25) is 10.0 Å². The van der Waals surface area contributed by atoms with Crippen molar-refractivity contribution in [2.75, 3.05) is 11.9 Å². The van der Waals surface area contributed by atoms with Crippen LogP contribution >= 0.6 is 0 Å². The molecular weight excluding hydrogens is 368 g/mol. The first-order valence-electron chi connectivity index (χ1n) is 8.31. The highest BCUT2D eigenvalue weighted by Crippen LogP contribution is 2.16. The van der Waals surface area contributed by atoms with E-state index in [9.17, 15) is 18.0 Å². The van der Waals surface area contributed by atoms with Gasteiger partial charge in [-0.05, 0) is 44.5 Å². The number of benzene rings is 2. The fourth-order valence-electron chi connectivity index (χ4n) is 2.32. The molecule has 27 heavy (non-hydrogen) atoms. The van der Waals surface area contributed by atoms with Crippen molar-refractivity contribution in [1.82, 2.24) is 4.72 Å². The summed E-state index contributed by atoms with van der Waals surface area (Å²) in [6, 6.07) is 13.2. The zero-order chi connectivity index (χ0) is 20.0. The minimum atomic E-state index is -3.82. The van der Waals surface area contributed by atoms with Crippen LogP contribution in [0.15, 0.2) is 53.4 Å². The summed E-state index contributed by atoms with van der Waals surface area (Å²) >= 11 is 0. The molecule has 0 aliphatic heterocycles. The molecule has 0 spiro atoms. The molecule has 2 N–H and O–H groups in total. The van der Waals surface area contributed by atoms with E-state index in [0.717, 1.165) is 11.1 Å². The number of rotatable bonds is 7.